The van der Waals surface area contributed by atoms with E-state index in [1.54, 1.807) is 0 Å². The highest BCUT2D eigenvalue weighted by molar-refractivity contribution is 5.85. The third kappa shape index (κ3) is 3.33. The van der Waals surface area contributed by atoms with E-state index in [9.17, 15) is 4.79 Å². The molecule has 2 heterocycles. The van der Waals surface area contributed by atoms with Gasteiger partial charge < -0.3 is 15.0 Å². The highest BCUT2D eigenvalue weighted by atomic mass is 35.5. The van der Waals surface area contributed by atoms with Crippen molar-refractivity contribution in [2.24, 2.45) is 5.92 Å². The first kappa shape index (κ1) is 14.7. The van der Waals surface area contributed by atoms with E-state index in [2.05, 4.69) is 19.2 Å². The zero-order valence-corrected chi connectivity index (χ0v) is 11.5. The summed E-state index contributed by atoms with van der Waals surface area (Å²) in [6.45, 7) is 7.40. The maximum Gasteiger partial charge on any atom is 0.227 e. The lowest BCUT2D eigenvalue weighted by Crippen LogP contribution is -2.55. The fraction of sp³-hybridized carbons (Fsp3) is 0.917. The zero-order valence-electron chi connectivity index (χ0n) is 10.6. The fourth-order valence-electron chi connectivity index (χ4n) is 2.71. The molecule has 3 atom stereocenters. The van der Waals surface area contributed by atoms with Crippen LogP contribution >= 0.6 is 12.4 Å². The van der Waals surface area contributed by atoms with Gasteiger partial charge in [-0.05, 0) is 33.2 Å². The van der Waals surface area contributed by atoms with Gasteiger partial charge in [-0.2, -0.15) is 0 Å². The number of nitrogens with one attached hydrogen (secondary N) is 1. The molecule has 0 aliphatic carbocycles. The van der Waals surface area contributed by atoms with Crippen molar-refractivity contribution < 1.29 is 9.53 Å². The molecule has 2 saturated heterocycles. The van der Waals surface area contributed by atoms with E-state index in [4.69, 9.17) is 4.74 Å². The van der Waals surface area contributed by atoms with Crippen LogP contribution in [0.4, 0.5) is 0 Å². The third-order valence-electron chi connectivity index (χ3n) is 3.57. The van der Waals surface area contributed by atoms with E-state index in [0.717, 1.165) is 25.9 Å². The van der Waals surface area contributed by atoms with Gasteiger partial charge in [0.25, 0.3) is 0 Å². The van der Waals surface area contributed by atoms with Crippen molar-refractivity contribution in [1.82, 2.24) is 10.2 Å². The van der Waals surface area contributed by atoms with Gasteiger partial charge >= 0.3 is 0 Å². The molecule has 0 bridgehead atoms. The first-order valence-electron chi connectivity index (χ1n) is 6.30. The standard InChI is InChI=1S/C12H22N2O2.ClH/c1-9-7-16-8-10(2)14(9)12(15)11-4-3-5-13-6-11;/h9-11,13H,3-8H2,1-2H3;1H. The number of amides is 1. The maximum atomic E-state index is 12.4. The molecule has 0 spiro atoms. The molecule has 0 aromatic rings. The number of hydrogen-bond acceptors (Lipinski definition) is 3. The minimum atomic E-state index is 0. The summed E-state index contributed by atoms with van der Waals surface area (Å²) in [5, 5.41) is 3.31. The molecule has 0 saturated carbocycles. The number of piperidine rings is 1. The van der Waals surface area contributed by atoms with Gasteiger partial charge in [-0.3, -0.25) is 4.79 Å². The normalized spacial score (nSPS) is 34.0. The lowest BCUT2D eigenvalue weighted by molar-refractivity contribution is -0.149. The summed E-state index contributed by atoms with van der Waals surface area (Å²) in [6, 6.07) is 0.441. The van der Waals surface area contributed by atoms with Crippen molar-refractivity contribution in [2.75, 3.05) is 26.3 Å². The van der Waals surface area contributed by atoms with Crippen molar-refractivity contribution in [3.05, 3.63) is 0 Å². The number of carbonyl (C=O) groups excluding carboxylic acids is 1. The second-order valence-electron chi connectivity index (χ2n) is 5.02. The Labute approximate surface area is 109 Å². The number of rotatable bonds is 1. The Morgan fingerprint density at radius 3 is 2.47 bits per heavy atom. The molecule has 0 aromatic heterocycles. The summed E-state index contributed by atoms with van der Waals surface area (Å²) < 4.78 is 5.45. The molecule has 0 aromatic carbocycles. The molecule has 4 nitrogen and oxygen atoms in total. The van der Waals surface area contributed by atoms with Crippen LogP contribution in [0, 0.1) is 5.92 Å². The summed E-state index contributed by atoms with van der Waals surface area (Å²) in [6.07, 6.45) is 2.14. The highest BCUT2D eigenvalue weighted by Crippen LogP contribution is 2.20. The number of halogens is 1. The predicted octanol–water partition coefficient (Wildman–Crippen LogP) is 1.04. The van der Waals surface area contributed by atoms with Crippen molar-refractivity contribution in [3.8, 4) is 0 Å². The number of carbonyl (C=O) groups is 1. The smallest absolute Gasteiger partial charge is 0.227 e. The van der Waals surface area contributed by atoms with Crippen molar-refractivity contribution in [3.63, 3.8) is 0 Å². The third-order valence-corrected chi connectivity index (χ3v) is 3.57. The van der Waals surface area contributed by atoms with Crippen molar-refractivity contribution >= 4 is 18.3 Å². The van der Waals surface area contributed by atoms with E-state index >= 15 is 0 Å². The SMILES string of the molecule is CC1COCC(C)N1C(=O)C1CCCNC1.Cl. The molecule has 1 amide bonds. The van der Waals surface area contributed by atoms with E-state index in [-0.39, 0.29) is 30.4 Å². The van der Waals surface area contributed by atoms with Crippen molar-refractivity contribution in [1.29, 1.82) is 0 Å². The van der Waals surface area contributed by atoms with Gasteiger partial charge in [0, 0.05) is 6.54 Å². The average molecular weight is 263 g/mol. The number of nitrogens with zero attached hydrogens (tertiary/aromatic N) is 1. The largest absolute Gasteiger partial charge is 0.377 e. The average Bonchev–Trinajstić information content (AvgIpc) is 2.30. The summed E-state index contributed by atoms with van der Waals surface area (Å²) in [5.74, 6) is 0.493. The Morgan fingerprint density at radius 1 is 1.29 bits per heavy atom. The minimum Gasteiger partial charge on any atom is -0.377 e. The van der Waals surface area contributed by atoms with Crippen LogP contribution in [0.1, 0.15) is 26.7 Å². The molecule has 2 aliphatic heterocycles. The molecule has 0 radical (unpaired) electrons. The Balaban J connectivity index is 0.00000144. The Kier molecular flexibility index (Phi) is 5.70. The van der Waals surface area contributed by atoms with Gasteiger partial charge in [0.2, 0.25) is 5.91 Å². The van der Waals surface area contributed by atoms with Crippen LogP contribution < -0.4 is 5.32 Å². The first-order valence-corrected chi connectivity index (χ1v) is 6.30. The van der Waals surface area contributed by atoms with E-state index in [0.29, 0.717) is 19.1 Å². The van der Waals surface area contributed by atoms with Crippen LogP contribution in [-0.4, -0.2) is 49.2 Å². The fourth-order valence-corrected chi connectivity index (χ4v) is 2.71. The van der Waals surface area contributed by atoms with E-state index < -0.39 is 0 Å². The Morgan fingerprint density at radius 2 is 1.94 bits per heavy atom. The quantitative estimate of drug-likeness (QED) is 0.768. The molecule has 100 valence electrons. The zero-order chi connectivity index (χ0) is 11.5. The molecule has 3 unspecified atom stereocenters. The molecule has 2 rings (SSSR count). The summed E-state index contributed by atoms with van der Waals surface area (Å²) in [7, 11) is 0. The number of morpholine rings is 1. The van der Waals surface area contributed by atoms with E-state index in [1.165, 1.54) is 0 Å². The van der Waals surface area contributed by atoms with Crippen LogP contribution in [0.15, 0.2) is 0 Å². The lowest BCUT2D eigenvalue weighted by atomic mass is 9.96. The van der Waals surface area contributed by atoms with Crippen LogP contribution in [0.2, 0.25) is 0 Å². The summed E-state index contributed by atoms with van der Waals surface area (Å²) in [5.41, 5.74) is 0. The van der Waals surface area contributed by atoms with E-state index in [1.807, 2.05) is 4.90 Å². The molecular weight excluding hydrogens is 240 g/mol. The predicted molar refractivity (Wildman–Crippen MR) is 69.4 cm³/mol. The second kappa shape index (κ2) is 6.57. The van der Waals surface area contributed by atoms with Crippen LogP contribution in [-0.2, 0) is 9.53 Å². The second-order valence-corrected chi connectivity index (χ2v) is 5.02. The molecule has 5 heteroatoms. The van der Waals surface area contributed by atoms with Crippen LogP contribution in [0.25, 0.3) is 0 Å². The minimum absolute atomic E-state index is 0. The number of hydrogen-bond donors (Lipinski definition) is 1. The lowest BCUT2D eigenvalue weighted by Gasteiger charge is -2.41. The van der Waals surface area contributed by atoms with Crippen molar-refractivity contribution in [2.45, 2.75) is 38.8 Å². The Bertz CT molecular complexity index is 247. The molecule has 2 fully saturated rings. The van der Waals surface area contributed by atoms with Gasteiger partial charge in [-0.25, -0.2) is 0 Å². The first-order chi connectivity index (χ1) is 7.70. The van der Waals surface area contributed by atoms with Gasteiger partial charge in [0.05, 0.1) is 31.2 Å². The summed E-state index contributed by atoms with van der Waals surface area (Å²) >= 11 is 0. The molecular formula is C12H23ClN2O2. The maximum absolute atomic E-state index is 12.4. The highest BCUT2D eigenvalue weighted by Gasteiger charge is 2.34. The number of ether oxygens (including phenoxy) is 1. The topological polar surface area (TPSA) is 41.6 Å². The van der Waals surface area contributed by atoms with Gasteiger partial charge in [-0.1, -0.05) is 0 Å². The molecule has 2 aliphatic rings. The molecule has 17 heavy (non-hydrogen) atoms. The Hall–Kier alpha value is -0.320. The van der Waals surface area contributed by atoms with Crippen LogP contribution in [0.3, 0.4) is 0 Å². The van der Waals surface area contributed by atoms with Gasteiger partial charge in [0.1, 0.15) is 0 Å². The monoisotopic (exact) mass is 262 g/mol. The van der Waals surface area contributed by atoms with Gasteiger partial charge in [-0.15, -0.1) is 12.4 Å². The van der Waals surface area contributed by atoms with Crippen LogP contribution in [0.5, 0.6) is 0 Å². The molecule has 1 N–H and O–H groups in total. The van der Waals surface area contributed by atoms with Gasteiger partial charge in [0.15, 0.2) is 0 Å². The summed E-state index contributed by atoms with van der Waals surface area (Å²) in [4.78, 5) is 14.4.